The molecule has 0 saturated carbocycles. The Morgan fingerprint density at radius 3 is 2.68 bits per heavy atom. The van der Waals surface area contributed by atoms with Crippen LogP contribution in [-0.4, -0.2) is 36.2 Å². The van der Waals surface area contributed by atoms with Crippen LogP contribution in [0, 0.1) is 0 Å². The van der Waals surface area contributed by atoms with Crippen molar-refractivity contribution in [3.63, 3.8) is 0 Å². The molecule has 0 spiro atoms. The highest BCUT2D eigenvalue weighted by atomic mass is 35.5. The number of benzene rings is 1. The second-order valence-electron chi connectivity index (χ2n) is 4.75. The van der Waals surface area contributed by atoms with E-state index in [1.165, 1.54) is 0 Å². The fraction of sp³-hybridized carbons (Fsp3) is 0.357. The van der Waals surface area contributed by atoms with Crippen molar-refractivity contribution in [2.24, 2.45) is 0 Å². The van der Waals surface area contributed by atoms with Crippen LogP contribution in [0.1, 0.15) is 11.4 Å². The molecular weight excluding hydrogens is 322 g/mol. The Labute approximate surface area is 139 Å². The summed E-state index contributed by atoms with van der Waals surface area (Å²) in [6.07, 6.45) is 0. The van der Waals surface area contributed by atoms with Gasteiger partial charge in [-0.15, -0.1) is 11.8 Å². The first-order valence-corrected chi connectivity index (χ1v) is 8.10. The summed E-state index contributed by atoms with van der Waals surface area (Å²) in [5, 5.41) is 0.690. The van der Waals surface area contributed by atoms with E-state index in [1.807, 2.05) is 32.3 Å². The lowest BCUT2D eigenvalue weighted by Crippen LogP contribution is -2.15. The molecule has 0 saturated heterocycles. The summed E-state index contributed by atoms with van der Waals surface area (Å²) in [6, 6.07) is 5.58. The Hall–Kier alpha value is -1.73. The second-order valence-corrected chi connectivity index (χ2v) is 6.18. The zero-order valence-corrected chi connectivity index (χ0v) is 14.3. The molecule has 22 heavy (non-hydrogen) atoms. The number of nitrogen functional groups attached to an aromatic ring is 1. The Bertz CT molecular complexity index is 653. The van der Waals surface area contributed by atoms with Crippen molar-refractivity contribution >= 4 is 35.3 Å². The van der Waals surface area contributed by atoms with Gasteiger partial charge >= 0.3 is 0 Å². The van der Waals surface area contributed by atoms with Gasteiger partial charge < -0.3 is 15.4 Å². The predicted molar refractivity (Wildman–Crippen MR) is 91.6 cm³/mol. The summed E-state index contributed by atoms with van der Waals surface area (Å²) in [5.41, 5.74) is 6.75. The van der Waals surface area contributed by atoms with Crippen molar-refractivity contribution in [2.75, 3.05) is 31.8 Å². The first-order valence-electron chi connectivity index (χ1n) is 6.57. The lowest BCUT2D eigenvalue weighted by atomic mass is 10.2. The van der Waals surface area contributed by atoms with Crippen LogP contribution in [-0.2, 0) is 11.5 Å². The van der Waals surface area contributed by atoms with E-state index in [9.17, 15) is 0 Å². The minimum absolute atomic E-state index is 0.231. The molecule has 0 aliphatic carbocycles. The lowest BCUT2D eigenvalue weighted by molar-refractivity contribution is 0.411. The summed E-state index contributed by atoms with van der Waals surface area (Å²) in [6.45, 7) is 0. The Morgan fingerprint density at radius 1 is 1.23 bits per heavy atom. The molecule has 0 aliphatic heterocycles. The van der Waals surface area contributed by atoms with Gasteiger partial charge in [0.1, 0.15) is 11.6 Å². The summed E-state index contributed by atoms with van der Waals surface area (Å²) < 4.78 is 5.33. The Kier molecular flexibility index (Phi) is 5.68. The van der Waals surface area contributed by atoms with Gasteiger partial charge in [-0.25, -0.2) is 0 Å². The van der Waals surface area contributed by atoms with Crippen LogP contribution >= 0.6 is 23.4 Å². The molecule has 6 nitrogen and oxygen atoms in total. The van der Waals surface area contributed by atoms with Gasteiger partial charge in [-0.05, 0) is 18.2 Å². The van der Waals surface area contributed by atoms with Gasteiger partial charge in [-0.1, -0.05) is 11.6 Å². The summed E-state index contributed by atoms with van der Waals surface area (Å²) >= 11 is 7.69. The molecule has 0 aliphatic rings. The molecule has 0 atom stereocenters. The molecule has 0 radical (unpaired) electrons. The minimum Gasteiger partial charge on any atom is -0.496 e. The SMILES string of the molecule is COc1ccc(Cl)cc1CSCc1nc(N)nc(N(C)C)n1. The number of ether oxygens (including phenoxy) is 1. The standard InChI is InChI=1S/C14H18ClN5OS/c1-20(2)14-18-12(17-13(16)19-14)8-22-7-9-6-10(15)4-5-11(9)21-3/h4-6H,7-8H2,1-3H3,(H2,16,17,18,19). The molecule has 2 aromatic rings. The number of halogens is 1. The van der Waals surface area contributed by atoms with Gasteiger partial charge in [0, 0.05) is 30.4 Å². The van der Waals surface area contributed by atoms with Crippen LogP contribution in [0.25, 0.3) is 0 Å². The van der Waals surface area contributed by atoms with E-state index >= 15 is 0 Å². The number of nitrogens with zero attached hydrogens (tertiary/aromatic N) is 4. The molecule has 1 aromatic carbocycles. The number of hydrogen-bond donors (Lipinski definition) is 1. The van der Waals surface area contributed by atoms with E-state index in [0.717, 1.165) is 17.1 Å². The van der Waals surface area contributed by atoms with Crippen LogP contribution in [0.2, 0.25) is 5.02 Å². The van der Waals surface area contributed by atoms with E-state index in [4.69, 9.17) is 22.1 Å². The number of nitrogens with two attached hydrogens (primary N) is 1. The van der Waals surface area contributed by atoms with Gasteiger partial charge in [-0.3, -0.25) is 0 Å². The summed E-state index contributed by atoms with van der Waals surface area (Å²) in [4.78, 5) is 14.4. The van der Waals surface area contributed by atoms with Gasteiger partial charge in [0.2, 0.25) is 11.9 Å². The number of methoxy groups -OCH3 is 1. The Balaban J connectivity index is 2.04. The molecule has 0 unspecified atom stereocenters. The first kappa shape index (κ1) is 16.6. The zero-order chi connectivity index (χ0) is 16.1. The number of rotatable bonds is 6. The van der Waals surface area contributed by atoms with Crippen LogP contribution in [0.5, 0.6) is 5.75 Å². The van der Waals surface area contributed by atoms with Crippen LogP contribution < -0.4 is 15.4 Å². The average molecular weight is 340 g/mol. The minimum atomic E-state index is 0.231. The highest BCUT2D eigenvalue weighted by Crippen LogP contribution is 2.27. The summed E-state index contributed by atoms with van der Waals surface area (Å²) in [5.74, 6) is 3.64. The van der Waals surface area contributed by atoms with Crippen LogP contribution in [0.4, 0.5) is 11.9 Å². The largest absolute Gasteiger partial charge is 0.496 e. The van der Waals surface area contributed by atoms with Crippen molar-refractivity contribution in [1.82, 2.24) is 15.0 Å². The van der Waals surface area contributed by atoms with Crippen LogP contribution in [0.15, 0.2) is 18.2 Å². The van der Waals surface area contributed by atoms with E-state index in [0.29, 0.717) is 22.5 Å². The molecule has 8 heteroatoms. The van der Waals surface area contributed by atoms with Crippen molar-refractivity contribution < 1.29 is 4.74 Å². The second kappa shape index (κ2) is 7.51. The van der Waals surface area contributed by atoms with Crippen molar-refractivity contribution in [1.29, 1.82) is 0 Å². The molecule has 1 aromatic heterocycles. The topological polar surface area (TPSA) is 77.2 Å². The fourth-order valence-corrected chi connectivity index (χ4v) is 2.86. The maximum absolute atomic E-state index is 6.03. The number of hydrogen-bond acceptors (Lipinski definition) is 7. The normalized spacial score (nSPS) is 10.5. The molecule has 118 valence electrons. The van der Waals surface area contributed by atoms with E-state index in [2.05, 4.69) is 15.0 Å². The maximum atomic E-state index is 6.03. The number of anilines is 2. The molecule has 0 fully saturated rings. The van der Waals surface area contributed by atoms with Crippen molar-refractivity contribution in [3.8, 4) is 5.75 Å². The average Bonchev–Trinajstić information content (AvgIpc) is 2.47. The van der Waals surface area contributed by atoms with Crippen molar-refractivity contribution in [3.05, 3.63) is 34.6 Å². The number of aromatic nitrogens is 3. The molecule has 0 bridgehead atoms. The first-order chi connectivity index (χ1) is 10.5. The monoisotopic (exact) mass is 339 g/mol. The van der Waals surface area contributed by atoms with Crippen molar-refractivity contribution in [2.45, 2.75) is 11.5 Å². The highest BCUT2D eigenvalue weighted by Gasteiger charge is 2.08. The number of thioether (sulfide) groups is 1. The van der Waals surface area contributed by atoms with Gasteiger partial charge in [0.05, 0.1) is 12.9 Å². The van der Waals surface area contributed by atoms with E-state index in [-0.39, 0.29) is 5.95 Å². The van der Waals surface area contributed by atoms with Gasteiger partial charge in [0.25, 0.3) is 0 Å². The molecule has 2 rings (SSSR count). The van der Waals surface area contributed by atoms with Gasteiger partial charge in [0.15, 0.2) is 0 Å². The third-order valence-corrected chi connectivity index (χ3v) is 4.03. The smallest absolute Gasteiger partial charge is 0.229 e. The molecule has 0 amide bonds. The van der Waals surface area contributed by atoms with Gasteiger partial charge in [-0.2, -0.15) is 15.0 Å². The summed E-state index contributed by atoms with van der Waals surface area (Å²) in [7, 11) is 5.37. The quantitative estimate of drug-likeness (QED) is 0.866. The lowest BCUT2D eigenvalue weighted by Gasteiger charge is -2.11. The molecule has 2 N–H and O–H groups in total. The third-order valence-electron chi connectivity index (χ3n) is 2.82. The molecular formula is C14H18ClN5OS. The molecule has 1 heterocycles. The maximum Gasteiger partial charge on any atom is 0.229 e. The Morgan fingerprint density at radius 2 is 2.00 bits per heavy atom. The zero-order valence-electron chi connectivity index (χ0n) is 12.7. The third kappa shape index (κ3) is 4.38. The van der Waals surface area contributed by atoms with E-state index < -0.39 is 0 Å². The highest BCUT2D eigenvalue weighted by molar-refractivity contribution is 7.97. The predicted octanol–water partition coefficient (Wildman–Crippen LogP) is 2.62. The van der Waals surface area contributed by atoms with Crippen LogP contribution in [0.3, 0.4) is 0 Å². The van der Waals surface area contributed by atoms with E-state index in [1.54, 1.807) is 23.8 Å². The fourth-order valence-electron chi connectivity index (χ4n) is 1.80.